The number of nitriles is 1. The van der Waals surface area contributed by atoms with Gasteiger partial charge in [0, 0.05) is 43.8 Å². The van der Waals surface area contributed by atoms with E-state index in [0.717, 1.165) is 45.1 Å². The summed E-state index contributed by atoms with van der Waals surface area (Å²) < 4.78 is 7.45. The molecule has 3 heterocycles. The molecule has 6 heteroatoms. The molecule has 128 valence electrons. The Morgan fingerprint density at radius 1 is 1.42 bits per heavy atom. The number of hydrogen-bond donors (Lipinski definition) is 1. The molecular formula is C18H24N4OS. The Kier molecular flexibility index (Phi) is 5.69. The van der Waals surface area contributed by atoms with Crippen molar-refractivity contribution in [3.05, 3.63) is 45.4 Å². The lowest BCUT2D eigenvalue weighted by molar-refractivity contribution is 0.0168. The van der Waals surface area contributed by atoms with Crippen LogP contribution in [0.15, 0.2) is 23.6 Å². The summed E-state index contributed by atoms with van der Waals surface area (Å²) in [6.45, 7) is 7.33. The van der Waals surface area contributed by atoms with Crippen molar-refractivity contribution in [2.75, 3.05) is 32.8 Å². The first-order valence-electron chi connectivity index (χ1n) is 8.32. The summed E-state index contributed by atoms with van der Waals surface area (Å²) >= 11 is 1.81. The molecule has 0 aliphatic carbocycles. The van der Waals surface area contributed by atoms with Crippen LogP contribution in [-0.2, 0) is 18.3 Å². The minimum absolute atomic E-state index is 0.383. The summed E-state index contributed by atoms with van der Waals surface area (Å²) in [6.07, 6.45) is 0. The molecule has 24 heavy (non-hydrogen) atoms. The van der Waals surface area contributed by atoms with E-state index < -0.39 is 0 Å². The number of nitrogens with one attached hydrogen (secondary N) is 1. The maximum absolute atomic E-state index is 9.16. The first-order chi connectivity index (χ1) is 11.7. The van der Waals surface area contributed by atoms with E-state index in [9.17, 15) is 0 Å². The van der Waals surface area contributed by atoms with Gasteiger partial charge in [-0.3, -0.25) is 4.90 Å². The summed E-state index contributed by atoms with van der Waals surface area (Å²) in [6, 6.07) is 8.95. The Hall–Kier alpha value is -1.65. The fourth-order valence-corrected chi connectivity index (χ4v) is 4.03. The SMILES string of the molecule is Cc1c(CNC[C@@H](c2cccs2)N2CCOCC2)cc(C#N)n1C. The lowest BCUT2D eigenvalue weighted by Crippen LogP contribution is -2.42. The number of rotatable bonds is 6. The molecule has 1 fully saturated rings. The average Bonchev–Trinajstić information content (AvgIpc) is 3.23. The van der Waals surface area contributed by atoms with Crippen molar-refractivity contribution in [2.24, 2.45) is 7.05 Å². The number of aromatic nitrogens is 1. The topological polar surface area (TPSA) is 53.2 Å². The Balaban J connectivity index is 1.65. The van der Waals surface area contributed by atoms with Gasteiger partial charge in [-0.15, -0.1) is 11.3 Å². The van der Waals surface area contributed by atoms with E-state index in [0.29, 0.717) is 11.7 Å². The zero-order chi connectivity index (χ0) is 16.9. The van der Waals surface area contributed by atoms with Crippen LogP contribution in [0.2, 0.25) is 0 Å². The predicted octanol–water partition coefficient (Wildman–Crippen LogP) is 2.43. The van der Waals surface area contributed by atoms with Crippen molar-refractivity contribution >= 4 is 11.3 Å². The van der Waals surface area contributed by atoms with Gasteiger partial charge in [0.15, 0.2) is 0 Å². The summed E-state index contributed by atoms with van der Waals surface area (Å²) in [5.41, 5.74) is 3.06. The molecule has 1 atom stereocenters. The number of morpholine rings is 1. The molecule has 0 saturated carbocycles. The maximum Gasteiger partial charge on any atom is 0.120 e. The molecule has 1 aliphatic rings. The van der Waals surface area contributed by atoms with Gasteiger partial charge < -0.3 is 14.6 Å². The summed E-state index contributed by atoms with van der Waals surface area (Å²) in [5.74, 6) is 0. The highest BCUT2D eigenvalue weighted by Crippen LogP contribution is 2.25. The van der Waals surface area contributed by atoms with E-state index in [1.54, 1.807) is 0 Å². The van der Waals surface area contributed by atoms with Crippen molar-refractivity contribution in [3.63, 3.8) is 0 Å². The van der Waals surface area contributed by atoms with Crippen LogP contribution < -0.4 is 5.32 Å². The van der Waals surface area contributed by atoms with Crippen molar-refractivity contribution in [1.29, 1.82) is 5.26 Å². The first-order valence-corrected chi connectivity index (χ1v) is 9.20. The highest BCUT2D eigenvalue weighted by atomic mass is 32.1. The van der Waals surface area contributed by atoms with Gasteiger partial charge in [-0.25, -0.2) is 0 Å². The minimum Gasteiger partial charge on any atom is -0.379 e. The second kappa shape index (κ2) is 7.95. The van der Waals surface area contributed by atoms with Gasteiger partial charge in [0.2, 0.25) is 0 Å². The van der Waals surface area contributed by atoms with Gasteiger partial charge in [-0.05, 0) is 30.0 Å². The van der Waals surface area contributed by atoms with Crippen molar-refractivity contribution < 1.29 is 4.74 Å². The van der Waals surface area contributed by atoms with E-state index in [2.05, 4.69) is 40.7 Å². The molecule has 2 aromatic rings. The molecule has 5 nitrogen and oxygen atoms in total. The van der Waals surface area contributed by atoms with E-state index in [4.69, 9.17) is 10.00 Å². The third-order valence-electron chi connectivity index (χ3n) is 4.77. The van der Waals surface area contributed by atoms with E-state index in [1.807, 2.05) is 29.0 Å². The molecule has 0 radical (unpaired) electrons. The number of thiophene rings is 1. The smallest absolute Gasteiger partial charge is 0.120 e. The van der Waals surface area contributed by atoms with Crippen molar-refractivity contribution in [2.45, 2.75) is 19.5 Å². The van der Waals surface area contributed by atoms with Crippen molar-refractivity contribution in [1.82, 2.24) is 14.8 Å². The third kappa shape index (κ3) is 3.70. The molecule has 1 aliphatic heterocycles. The zero-order valence-corrected chi connectivity index (χ0v) is 15.1. The largest absolute Gasteiger partial charge is 0.379 e. The second-order valence-corrected chi connectivity index (χ2v) is 7.10. The van der Waals surface area contributed by atoms with Crippen LogP contribution >= 0.6 is 11.3 Å². The highest BCUT2D eigenvalue weighted by Gasteiger charge is 2.23. The average molecular weight is 344 g/mol. The zero-order valence-electron chi connectivity index (χ0n) is 14.3. The molecule has 0 aromatic carbocycles. The highest BCUT2D eigenvalue weighted by molar-refractivity contribution is 7.10. The quantitative estimate of drug-likeness (QED) is 0.874. The van der Waals surface area contributed by atoms with Gasteiger partial charge in [0.05, 0.1) is 19.3 Å². The summed E-state index contributed by atoms with van der Waals surface area (Å²) in [7, 11) is 1.94. The van der Waals surface area contributed by atoms with Gasteiger partial charge in [-0.1, -0.05) is 6.07 Å². The molecule has 3 rings (SSSR count). The predicted molar refractivity (Wildman–Crippen MR) is 96.0 cm³/mol. The number of hydrogen-bond acceptors (Lipinski definition) is 5. The molecule has 0 unspecified atom stereocenters. The fourth-order valence-electron chi connectivity index (χ4n) is 3.17. The molecular weight excluding hydrogens is 320 g/mol. The molecule has 1 saturated heterocycles. The molecule has 1 N–H and O–H groups in total. The molecule has 0 bridgehead atoms. The summed E-state index contributed by atoms with van der Waals surface area (Å²) in [5, 5.41) is 14.9. The van der Waals surface area contributed by atoms with E-state index in [1.165, 1.54) is 10.4 Å². The normalized spacial score (nSPS) is 16.9. The van der Waals surface area contributed by atoms with Crippen LogP contribution in [0.4, 0.5) is 0 Å². The molecule has 0 spiro atoms. The van der Waals surface area contributed by atoms with Gasteiger partial charge in [0.1, 0.15) is 11.8 Å². The van der Waals surface area contributed by atoms with Crippen LogP contribution in [0.5, 0.6) is 0 Å². The lowest BCUT2D eigenvalue weighted by atomic mass is 10.1. The second-order valence-electron chi connectivity index (χ2n) is 6.12. The van der Waals surface area contributed by atoms with Crippen LogP contribution in [0, 0.1) is 18.3 Å². The standard InChI is InChI=1S/C18H24N4OS/c1-14-15(10-16(11-19)21(14)2)12-20-13-17(18-4-3-9-24-18)22-5-7-23-8-6-22/h3-4,9-10,17,20H,5-8,12-13H2,1-2H3/t17-/m0/s1. The van der Waals surface area contributed by atoms with Crippen LogP contribution in [0.25, 0.3) is 0 Å². The van der Waals surface area contributed by atoms with E-state index >= 15 is 0 Å². The van der Waals surface area contributed by atoms with Gasteiger partial charge in [-0.2, -0.15) is 5.26 Å². The number of ether oxygens (including phenoxy) is 1. The minimum atomic E-state index is 0.383. The van der Waals surface area contributed by atoms with Gasteiger partial charge in [0.25, 0.3) is 0 Å². The maximum atomic E-state index is 9.16. The lowest BCUT2D eigenvalue weighted by Gasteiger charge is -2.34. The van der Waals surface area contributed by atoms with Crippen LogP contribution in [0.1, 0.15) is 27.9 Å². The third-order valence-corrected chi connectivity index (χ3v) is 5.74. The Bertz CT molecular complexity index is 695. The Morgan fingerprint density at radius 3 is 2.83 bits per heavy atom. The Morgan fingerprint density at radius 2 is 2.21 bits per heavy atom. The Labute approximate surface area is 147 Å². The monoisotopic (exact) mass is 344 g/mol. The molecule has 0 amide bonds. The van der Waals surface area contributed by atoms with Gasteiger partial charge >= 0.3 is 0 Å². The molecule has 2 aromatic heterocycles. The van der Waals surface area contributed by atoms with E-state index in [-0.39, 0.29) is 0 Å². The fraction of sp³-hybridized carbons (Fsp3) is 0.500. The summed E-state index contributed by atoms with van der Waals surface area (Å²) in [4.78, 5) is 3.90. The first kappa shape index (κ1) is 17.2. The van der Waals surface area contributed by atoms with Crippen molar-refractivity contribution in [3.8, 4) is 6.07 Å². The van der Waals surface area contributed by atoms with Crippen LogP contribution in [-0.4, -0.2) is 42.3 Å². The van der Waals surface area contributed by atoms with Crippen LogP contribution in [0.3, 0.4) is 0 Å². The number of nitrogens with zero attached hydrogens (tertiary/aromatic N) is 3.